The van der Waals surface area contributed by atoms with E-state index < -0.39 is 0 Å². The average molecular weight is 318 g/mol. The molecule has 0 saturated heterocycles. The van der Waals surface area contributed by atoms with E-state index in [-0.39, 0.29) is 12.1 Å². The van der Waals surface area contributed by atoms with Crippen LogP contribution < -0.4 is 5.73 Å². The van der Waals surface area contributed by atoms with Gasteiger partial charge in [0.25, 0.3) is 0 Å². The predicted octanol–water partition coefficient (Wildman–Crippen LogP) is 3.37. The van der Waals surface area contributed by atoms with Gasteiger partial charge in [-0.1, -0.05) is 72.8 Å². The van der Waals surface area contributed by atoms with Crippen LogP contribution in [0.5, 0.6) is 0 Å². The molecule has 0 aliphatic heterocycles. The summed E-state index contributed by atoms with van der Waals surface area (Å²) < 4.78 is 0. The molecule has 2 N–H and O–H groups in total. The van der Waals surface area contributed by atoms with Gasteiger partial charge in [0.2, 0.25) is 5.91 Å². The molecule has 0 fully saturated rings. The van der Waals surface area contributed by atoms with Crippen LogP contribution in [0.2, 0.25) is 0 Å². The summed E-state index contributed by atoms with van der Waals surface area (Å²) in [7, 11) is 1.77. The molecule has 0 saturated carbocycles. The highest BCUT2D eigenvalue weighted by Gasteiger charge is 2.17. The summed E-state index contributed by atoms with van der Waals surface area (Å²) in [4.78, 5) is 14.2. The molecule has 3 nitrogen and oxygen atoms in total. The van der Waals surface area contributed by atoms with Crippen LogP contribution in [0.3, 0.4) is 0 Å². The zero-order valence-electron chi connectivity index (χ0n) is 13.9. The van der Waals surface area contributed by atoms with E-state index in [9.17, 15) is 4.79 Å². The number of amides is 1. The maximum atomic E-state index is 12.5. The average Bonchev–Trinajstić information content (AvgIpc) is 2.61. The van der Waals surface area contributed by atoms with Crippen LogP contribution in [0, 0.1) is 0 Å². The van der Waals surface area contributed by atoms with Crippen LogP contribution in [0.4, 0.5) is 0 Å². The Labute approximate surface area is 142 Å². The largest absolute Gasteiger partial charge is 0.330 e. The number of nitrogens with zero attached hydrogens (tertiary/aromatic N) is 1. The number of hydrogen-bond acceptors (Lipinski definition) is 2. The lowest BCUT2D eigenvalue weighted by atomic mass is 10.0. The van der Waals surface area contributed by atoms with Gasteiger partial charge < -0.3 is 10.6 Å². The van der Waals surface area contributed by atoms with Crippen molar-refractivity contribution in [2.75, 3.05) is 7.05 Å². The molecule has 1 unspecified atom stereocenters. The first kappa shape index (κ1) is 16.2. The molecule has 1 amide bonds. The summed E-state index contributed by atoms with van der Waals surface area (Å²) >= 11 is 0. The minimum atomic E-state index is -0.319. The second-order valence-electron chi connectivity index (χ2n) is 6.12. The van der Waals surface area contributed by atoms with Crippen molar-refractivity contribution in [1.29, 1.82) is 0 Å². The SMILES string of the molecule is CN(C(=O)Cc1ccc2ccccc2c1)C(N)Cc1ccccc1. The van der Waals surface area contributed by atoms with Gasteiger partial charge in [0.15, 0.2) is 0 Å². The van der Waals surface area contributed by atoms with E-state index in [0.717, 1.165) is 16.5 Å². The van der Waals surface area contributed by atoms with Crippen molar-refractivity contribution >= 4 is 16.7 Å². The third-order valence-electron chi connectivity index (χ3n) is 4.35. The van der Waals surface area contributed by atoms with E-state index in [1.807, 2.05) is 48.5 Å². The van der Waals surface area contributed by atoms with E-state index in [1.165, 1.54) is 5.39 Å². The quantitative estimate of drug-likeness (QED) is 0.733. The summed E-state index contributed by atoms with van der Waals surface area (Å²) in [6, 6.07) is 24.3. The van der Waals surface area contributed by atoms with Gasteiger partial charge in [-0.3, -0.25) is 4.79 Å². The van der Waals surface area contributed by atoms with Crippen molar-refractivity contribution in [2.24, 2.45) is 5.73 Å². The second kappa shape index (κ2) is 7.28. The molecule has 24 heavy (non-hydrogen) atoms. The molecule has 3 aromatic rings. The molecule has 1 atom stereocenters. The summed E-state index contributed by atoms with van der Waals surface area (Å²) in [5.41, 5.74) is 8.35. The van der Waals surface area contributed by atoms with Gasteiger partial charge in [-0.2, -0.15) is 0 Å². The molecule has 0 aliphatic rings. The summed E-state index contributed by atoms with van der Waals surface area (Å²) in [5, 5.41) is 2.34. The molecule has 0 bridgehead atoms. The lowest BCUT2D eigenvalue weighted by Gasteiger charge is -2.25. The zero-order chi connectivity index (χ0) is 16.9. The van der Waals surface area contributed by atoms with E-state index in [2.05, 4.69) is 24.3 Å². The first-order chi connectivity index (χ1) is 11.6. The Hall–Kier alpha value is -2.65. The zero-order valence-corrected chi connectivity index (χ0v) is 13.9. The third kappa shape index (κ3) is 3.81. The summed E-state index contributed by atoms with van der Waals surface area (Å²) in [6.07, 6.45) is 0.699. The molecule has 0 aliphatic carbocycles. The molecule has 0 spiro atoms. The molecular weight excluding hydrogens is 296 g/mol. The van der Waals surface area contributed by atoms with Crippen LogP contribution in [0.1, 0.15) is 11.1 Å². The van der Waals surface area contributed by atoms with Crippen molar-refractivity contribution in [3.05, 3.63) is 83.9 Å². The number of nitrogens with two attached hydrogens (primary N) is 1. The highest BCUT2D eigenvalue weighted by atomic mass is 16.2. The number of hydrogen-bond donors (Lipinski definition) is 1. The Bertz CT molecular complexity index is 829. The molecule has 122 valence electrons. The number of fused-ring (bicyclic) bond motifs is 1. The number of benzene rings is 3. The number of likely N-dealkylation sites (N-methyl/N-ethyl adjacent to an activating group) is 1. The Balaban J connectivity index is 1.66. The standard InChI is InChI=1S/C21H22N2O/c1-23(20(22)14-16-7-3-2-4-8-16)21(24)15-17-11-12-18-9-5-6-10-19(18)13-17/h2-13,20H,14-15,22H2,1H3. The van der Waals surface area contributed by atoms with Crippen LogP contribution in [-0.4, -0.2) is 24.0 Å². The highest BCUT2D eigenvalue weighted by molar-refractivity contribution is 5.85. The summed E-state index contributed by atoms with van der Waals surface area (Å²) in [5.74, 6) is 0.0358. The minimum absolute atomic E-state index is 0.0358. The van der Waals surface area contributed by atoms with E-state index in [4.69, 9.17) is 5.73 Å². The normalized spacial score (nSPS) is 12.1. The molecule has 3 heteroatoms. The lowest BCUT2D eigenvalue weighted by molar-refractivity contribution is -0.131. The molecule has 0 radical (unpaired) electrons. The summed E-state index contributed by atoms with van der Waals surface area (Å²) in [6.45, 7) is 0. The van der Waals surface area contributed by atoms with Gasteiger partial charge in [0.05, 0.1) is 12.6 Å². The van der Waals surface area contributed by atoms with Crippen LogP contribution in [-0.2, 0) is 17.6 Å². The van der Waals surface area contributed by atoms with E-state index >= 15 is 0 Å². The maximum absolute atomic E-state index is 12.5. The van der Waals surface area contributed by atoms with E-state index in [0.29, 0.717) is 12.8 Å². The predicted molar refractivity (Wildman–Crippen MR) is 98.5 cm³/mol. The maximum Gasteiger partial charge on any atom is 0.227 e. The van der Waals surface area contributed by atoms with Crippen molar-refractivity contribution < 1.29 is 4.79 Å². The molecule has 0 aromatic heterocycles. The Morgan fingerprint density at radius 1 is 0.917 bits per heavy atom. The van der Waals surface area contributed by atoms with Gasteiger partial charge in [-0.05, 0) is 21.9 Å². The van der Waals surface area contributed by atoms with Crippen molar-refractivity contribution in [2.45, 2.75) is 19.0 Å². The van der Waals surface area contributed by atoms with Crippen LogP contribution in [0.25, 0.3) is 10.8 Å². The monoisotopic (exact) mass is 318 g/mol. The number of carbonyl (C=O) groups is 1. The minimum Gasteiger partial charge on any atom is -0.330 e. The topological polar surface area (TPSA) is 46.3 Å². The Morgan fingerprint density at radius 3 is 2.33 bits per heavy atom. The van der Waals surface area contributed by atoms with Gasteiger partial charge in [0, 0.05) is 13.5 Å². The smallest absolute Gasteiger partial charge is 0.227 e. The van der Waals surface area contributed by atoms with Crippen LogP contribution >= 0.6 is 0 Å². The molecule has 0 heterocycles. The van der Waals surface area contributed by atoms with Gasteiger partial charge in [-0.15, -0.1) is 0 Å². The fourth-order valence-corrected chi connectivity index (χ4v) is 2.83. The fraction of sp³-hybridized carbons (Fsp3) is 0.190. The fourth-order valence-electron chi connectivity index (χ4n) is 2.83. The first-order valence-corrected chi connectivity index (χ1v) is 8.16. The molecule has 3 aromatic carbocycles. The third-order valence-corrected chi connectivity index (χ3v) is 4.35. The Morgan fingerprint density at radius 2 is 1.58 bits per heavy atom. The van der Waals surface area contributed by atoms with Crippen molar-refractivity contribution in [3.8, 4) is 0 Å². The van der Waals surface area contributed by atoms with Crippen molar-refractivity contribution in [3.63, 3.8) is 0 Å². The molecule has 3 rings (SSSR count). The molecular formula is C21H22N2O. The lowest BCUT2D eigenvalue weighted by Crippen LogP contribution is -2.45. The van der Waals surface area contributed by atoms with Gasteiger partial charge in [-0.25, -0.2) is 0 Å². The Kier molecular flexibility index (Phi) is 4.92. The number of rotatable bonds is 5. The number of carbonyl (C=O) groups excluding carboxylic acids is 1. The van der Waals surface area contributed by atoms with Crippen LogP contribution in [0.15, 0.2) is 72.8 Å². The van der Waals surface area contributed by atoms with E-state index in [1.54, 1.807) is 11.9 Å². The highest BCUT2D eigenvalue weighted by Crippen LogP contribution is 2.16. The van der Waals surface area contributed by atoms with Gasteiger partial charge >= 0.3 is 0 Å². The first-order valence-electron chi connectivity index (χ1n) is 8.16. The van der Waals surface area contributed by atoms with Gasteiger partial charge in [0.1, 0.15) is 0 Å². The van der Waals surface area contributed by atoms with Crippen molar-refractivity contribution in [1.82, 2.24) is 4.90 Å². The second-order valence-corrected chi connectivity index (χ2v) is 6.12.